The van der Waals surface area contributed by atoms with E-state index in [9.17, 15) is 4.79 Å². The zero-order chi connectivity index (χ0) is 26.5. The number of carbonyl (C=O) groups is 1. The van der Waals surface area contributed by atoms with Gasteiger partial charge in [-0.25, -0.2) is 19.9 Å². The number of nitrogens with zero attached hydrogens (tertiary/aromatic N) is 4. The Morgan fingerprint density at radius 1 is 0.846 bits per heavy atom. The lowest BCUT2D eigenvalue weighted by Crippen LogP contribution is -2.08. The molecule has 4 aromatic heterocycles. The summed E-state index contributed by atoms with van der Waals surface area (Å²) in [5.41, 5.74) is 7.15. The van der Waals surface area contributed by atoms with Crippen molar-refractivity contribution in [2.75, 3.05) is 16.0 Å². The molecular formula is C30H24N8O. The summed E-state index contributed by atoms with van der Waals surface area (Å²) in [5.74, 6) is 1.29. The molecule has 1 aliphatic heterocycles. The number of pyridine rings is 2. The van der Waals surface area contributed by atoms with Gasteiger partial charge in [0, 0.05) is 51.7 Å². The molecule has 0 fully saturated rings. The standard InChI is InChI=1S/C30H24N8O/c1-16-5-7-21-20(9-12-33-28(21)36-18-6-8-19-17(2)30(39)37-24(19)14-18)25(16)38-29-22(4-3-11-31-29)26-23-10-13-32-27(23)35-15-34-26/h3-15,17H,1-2H3,(H,31,38)(H,33,36)(H,37,39)(H,32,34,35)/t17-/m1/s1. The van der Waals surface area contributed by atoms with Crippen molar-refractivity contribution in [3.05, 3.63) is 90.6 Å². The van der Waals surface area contributed by atoms with Gasteiger partial charge in [-0.2, -0.15) is 0 Å². The van der Waals surface area contributed by atoms with Crippen LogP contribution in [-0.4, -0.2) is 30.8 Å². The van der Waals surface area contributed by atoms with Crippen molar-refractivity contribution in [2.24, 2.45) is 0 Å². The number of amides is 1. The molecule has 5 heterocycles. The highest BCUT2D eigenvalue weighted by molar-refractivity contribution is 6.05. The summed E-state index contributed by atoms with van der Waals surface area (Å²) >= 11 is 0. The minimum atomic E-state index is -0.145. The lowest BCUT2D eigenvalue weighted by Gasteiger charge is -2.17. The van der Waals surface area contributed by atoms with Crippen molar-refractivity contribution in [3.63, 3.8) is 0 Å². The van der Waals surface area contributed by atoms with Crippen molar-refractivity contribution >= 4 is 56.4 Å². The van der Waals surface area contributed by atoms with Crippen molar-refractivity contribution in [3.8, 4) is 11.3 Å². The van der Waals surface area contributed by atoms with Crippen LogP contribution >= 0.6 is 0 Å². The minimum absolute atomic E-state index is 0.0183. The number of aromatic amines is 1. The monoisotopic (exact) mass is 512 g/mol. The number of nitrogens with one attached hydrogen (secondary N) is 4. The molecule has 0 saturated heterocycles. The summed E-state index contributed by atoms with van der Waals surface area (Å²) in [4.78, 5) is 33.5. The highest BCUT2D eigenvalue weighted by atomic mass is 16.2. The normalized spacial score (nSPS) is 14.4. The Hall–Kier alpha value is -5.31. The largest absolute Gasteiger partial charge is 0.346 e. The average Bonchev–Trinajstić information content (AvgIpc) is 3.54. The summed E-state index contributed by atoms with van der Waals surface area (Å²) in [5, 5.41) is 12.9. The number of fused-ring (bicyclic) bond motifs is 3. The molecule has 0 radical (unpaired) electrons. The first kappa shape index (κ1) is 22.9. The Labute approximate surface area is 223 Å². The Morgan fingerprint density at radius 2 is 1.74 bits per heavy atom. The molecule has 1 atom stereocenters. The van der Waals surface area contributed by atoms with Gasteiger partial charge in [0.05, 0.1) is 17.3 Å². The van der Waals surface area contributed by atoms with Crippen LogP contribution in [0.4, 0.5) is 28.7 Å². The summed E-state index contributed by atoms with van der Waals surface area (Å²) < 4.78 is 0. The van der Waals surface area contributed by atoms with Crippen molar-refractivity contribution < 1.29 is 4.79 Å². The number of carbonyl (C=O) groups excluding carboxylic acids is 1. The third kappa shape index (κ3) is 3.83. The van der Waals surface area contributed by atoms with Gasteiger partial charge in [0.15, 0.2) is 0 Å². The quantitative estimate of drug-likeness (QED) is 0.210. The van der Waals surface area contributed by atoms with Crippen LogP contribution in [0.1, 0.15) is 24.0 Å². The predicted molar refractivity (Wildman–Crippen MR) is 154 cm³/mol. The van der Waals surface area contributed by atoms with E-state index in [2.05, 4.69) is 59.9 Å². The molecule has 0 aliphatic carbocycles. The van der Waals surface area contributed by atoms with Crippen LogP contribution in [0.3, 0.4) is 0 Å². The molecular weight excluding hydrogens is 488 g/mol. The highest BCUT2D eigenvalue weighted by Gasteiger charge is 2.26. The fourth-order valence-electron chi connectivity index (χ4n) is 5.17. The predicted octanol–water partition coefficient (Wildman–Crippen LogP) is 6.42. The molecule has 9 nitrogen and oxygen atoms in total. The molecule has 39 heavy (non-hydrogen) atoms. The van der Waals surface area contributed by atoms with Gasteiger partial charge in [-0.05, 0) is 61.4 Å². The fourth-order valence-corrected chi connectivity index (χ4v) is 5.17. The van der Waals surface area contributed by atoms with E-state index in [1.807, 2.05) is 55.6 Å². The van der Waals surface area contributed by atoms with Gasteiger partial charge in [0.2, 0.25) is 5.91 Å². The Bertz CT molecular complexity index is 1910. The van der Waals surface area contributed by atoms with Gasteiger partial charge in [-0.1, -0.05) is 18.2 Å². The maximum Gasteiger partial charge on any atom is 0.231 e. The highest BCUT2D eigenvalue weighted by Crippen LogP contribution is 2.38. The van der Waals surface area contributed by atoms with E-state index >= 15 is 0 Å². The van der Waals surface area contributed by atoms with Crippen molar-refractivity contribution in [1.82, 2.24) is 24.9 Å². The first-order valence-corrected chi connectivity index (χ1v) is 12.7. The van der Waals surface area contributed by atoms with E-state index in [4.69, 9.17) is 0 Å². The van der Waals surface area contributed by atoms with E-state index < -0.39 is 0 Å². The van der Waals surface area contributed by atoms with Crippen molar-refractivity contribution in [1.29, 1.82) is 0 Å². The minimum Gasteiger partial charge on any atom is -0.346 e. The van der Waals surface area contributed by atoms with Gasteiger partial charge in [0.1, 0.15) is 23.6 Å². The number of benzene rings is 2. The Kier molecular flexibility index (Phi) is 5.22. The van der Waals surface area contributed by atoms with E-state index in [1.54, 1.807) is 18.7 Å². The summed E-state index contributed by atoms with van der Waals surface area (Å²) in [6, 6.07) is 17.9. The smallest absolute Gasteiger partial charge is 0.231 e. The van der Waals surface area contributed by atoms with Crippen LogP contribution in [0.2, 0.25) is 0 Å². The molecule has 0 saturated carbocycles. The average molecular weight is 513 g/mol. The van der Waals surface area contributed by atoms with Gasteiger partial charge < -0.3 is 20.9 Å². The summed E-state index contributed by atoms with van der Waals surface area (Å²) in [6.45, 7) is 3.98. The number of hydrogen-bond donors (Lipinski definition) is 4. The Balaban J connectivity index is 1.28. The van der Waals surface area contributed by atoms with E-state index in [1.165, 1.54) is 0 Å². The second kappa shape index (κ2) is 8.91. The number of rotatable bonds is 5. The van der Waals surface area contributed by atoms with Gasteiger partial charge >= 0.3 is 0 Å². The second-order valence-electron chi connectivity index (χ2n) is 9.64. The van der Waals surface area contributed by atoms with Crippen LogP contribution in [0, 0.1) is 6.92 Å². The molecule has 1 aliphatic rings. The molecule has 7 rings (SSSR count). The summed E-state index contributed by atoms with van der Waals surface area (Å²) in [6.07, 6.45) is 6.98. The lowest BCUT2D eigenvalue weighted by atomic mass is 10.0. The molecule has 190 valence electrons. The lowest BCUT2D eigenvalue weighted by molar-refractivity contribution is -0.116. The molecule has 4 N–H and O–H groups in total. The molecule has 1 amide bonds. The molecule has 9 heteroatoms. The van der Waals surface area contributed by atoms with Crippen LogP contribution in [0.25, 0.3) is 33.1 Å². The van der Waals surface area contributed by atoms with E-state index in [0.717, 1.165) is 67.1 Å². The maximum absolute atomic E-state index is 12.1. The molecule has 2 aromatic carbocycles. The van der Waals surface area contributed by atoms with Gasteiger partial charge in [-0.15, -0.1) is 0 Å². The third-order valence-electron chi connectivity index (χ3n) is 7.25. The van der Waals surface area contributed by atoms with Crippen LogP contribution in [0.15, 0.2) is 79.5 Å². The number of hydrogen-bond acceptors (Lipinski definition) is 7. The van der Waals surface area contributed by atoms with Crippen LogP contribution in [-0.2, 0) is 4.79 Å². The van der Waals surface area contributed by atoms with E-state index in [0.29, 0.717) is 5.82 Å². The SMILES string of the molecule is Cc1ccc2c(Nc3ccc4c(c3)NC(=O)[C@@H]4C)nccc2c1Nc1ncccc1-c1ncnc2[nH]ccc12. The van der Waals surface area contributed by atoms with Crippen LogP contribution in [0.5, 0.6) is 0 Å². The van der Waals surface area contributed by atoms with Gasteiger partial charge in [-0.3, -0.25) is 4.79 Å². The summed E-state index contributed by atoms with van der Waals surface area (Å²) in [7, 11) is 0. The van der Waals surface area contributed by atoms with E-state index in [-0.39, 0.29) is 11.8 Å². The molecule has 0 unspecified atom stereocenters. The zero-order valence-electron chi connectivity index (χ0n) is 21.3. The Morgan fingerprint density at radius 3 is 2.67 bits per heavy atom. The second-order valence-corrected chi connectivity index (χ2v) is 9.64. The number of H-pyrrole nitrogens is 1. The number of aromatic nitrogens is 5. The van der Waals surface area contributed by atoms with Gasteiger partial charge in [0.25, 0.3) is 0 Å². The zero-order valence-corrected chi connectivity index (χ0v) is 21.3. The molecule has 0 bridgehead atoms. The molecule has 0 spiro atoms. The topological polar surface area (TPSA) is 121 Å². The fraction of sp³-hybridized carbons (Fsp3) is 0.100. The third-order valence-corrected chi connectivity index (χ3v) is 7.25. The number of aryl methyl sites for hydroxylation is 1. The van der Waals surface area contributed by atoms with Crippen LogP contribution < -0.4 is 16.0 Å². The first-order chi connectivity index (χ1) is 19.1. The number of anilines is 5. The first-order valence-electron chi connectivity index (χ1n) is 12.7. The molecule has 6 aromatic rings. The van der Waals surface area contributed by atoms with Crippen molar-refractivity contribution in [2.45, 2.75) is 19.8 Å². The maximum atomic E-state index is 12.1.